The fourth-order valence-electron chi connectivity index (χ4n) is 5.40. The standard InChI is InChI=1S/C26H23BrO8/c1-32-15-6-2-13(3-7-15)10-20(29)34-16-8-4-14(5-9-16)19(28)12-33-25(30)21-17-11-18-22(21)26(31)35-24(18)23(17)27/h2-9,17-18,21-24H,10-12H2,1H3/t17-,18-,21-,22-,23+,24+/m1/s1. The molecular weight excluding hydrogens is 520 g/mol. The molecule has 8 nitrogen and oxygen atoms in total. The molecule has 2 aliphatic carbocycles. The lowest BCUT2D eigenvalue weighted by atomic mass is 9.80. The van der Waals surface area contributed by atoms with Gasteiger partial charge < -0.3 is 18.9 Å². The number of alkyl halides is 1. The zero-order chi connectivity index (χ0) is 24.7. The van der Waals surface area contributed by atoms with E-state index in [1.807, 2.05) is 0 Å². The second kappa shape index (κ2) is 9.45. The molecule has 0 radical (unpaired) electrons. The summed E-state index contributed by atoms with van der Waals surface area (Å²) in [6, 6.07) is 13.1. The minimum Gasteiger partial charge on any atom is -0.497 e. The number of ether oxygens (including phenoxy) is 4. The van der Waals surface area contributed by atoms with Crippen LogP contribution in [0.2, 0.25) is 0 Å². The van der Waals surface area contributed by atoms with Gasteiger partial charge in [0.1, 0.15) is 17.6 Å². The molecule has 2 aromatic rings. The quantitative estimate of drug-likeness (QED) is 0.217. The van der Waals surface area contributed by atoms with Crippen LogP contribution in [0.4, 0.5) is 0 Å². The third-order valence-corrected chi connectivity index (χ3v) is 8.26. The van der Waals surface area contributed by atoms with E-state index in [0.29, 0.717) is 17.1 Å². The van der Waals surface area contributed by atoms with Crippen molar-refractivity contribution in [3.05, 3.63) is 59.7 Å². The molecule has 0 unspecified atom stereocenters. The minimum absolute atomic E-state index is 0.0315. The highest BCUT2D eigenvalue weighted by Gasteiger charge is 2.68. The number of esters is 3. The Labute approximate surface area is 210 Å². The molecule has 35 heavy (non-hydrogen) atoms. The van der Waals surface area contributed by atoms with Gasteiger partial charge in [-0.25, -0.2) is 0 Å². The van der Waals surface area contributed by atoms with Crippen LogP contribution in [0.1, 0.15) is 22.3 Å². The number of fused-ring (bicyclic) bond motifs is 1. The van der Waals surface area contributed by atoms with Crippen LogP contribution in [-0.4, -0.2) is 48.3 Å². The van der Waals surface area contributed by atoms with E-state index in [9.17, 15) is 19.2 Å². The Balaban J connectivity index is 1.13. The smallest absolute Gasteiger partial charge is 0.315 e. The van der Waals surface area contributed by atoms with Crippen molar-refractivity contribution in [3.8, 4) is 11.5 Å². The monoisotopic (exact) mass is 542 g/mol. The molecule has 5 rings (SSSR count). The molecule has 2 aromatic carbocycles. The van der Waals surface area contributed by atoms with E-state index < -0.39 is 30.4 Å². The van der Waals surface area contributed by atoms with Gasteiger partial charge in [-0.3, -0.25) is 19.2 Å². The van der Waals surface area contributed by atoms with Crippen LogP contribution in [0.3, 0.4) is 0 Å². The summed E-state index contributed by atoms with van der Waals surface area (Å²) in [6.07, 6.45) is 0.657. The summed E-state index contributed by atoms with van der Waals surface area (Å²) >= 11 is 3.56. The molecule has 0 N–H and O–H groups in total. The van der Waals surface area contributed by atoms with Crippen molar-refractivity contribution >= 4 is 39.6 Å². The number of carbonyl (C=O) groups is 4. The number of carbonyl (C=O) groups excluding carboxylic acids is 4. The number of hydrogen-bond donors (Lipinski definition) is 0. The maximum absolute atomic E-state index is 12.7. The molecule has 9 heteroatoms. The van der Waals surface area contributed by atoms with Crippen molar-refractivity contribution in [1.82, 2.24) is 0 Å². The molecule has 1 saturated heterocycles. The molecule has 0 amide bonds. The Kier molecular flexibility index (Phi) is 6.35. The van der Waals surface area contributed by atoms with E-state index in [4.69, 9.17) is 18.9 Å². The molecule has 6 atom stereocenters. The number of rotatable bonds is 8. The van der Waals surface area contributed by atoms with Crippen molar-refractivity contribution in [2.45, 2.75) is 23.8 Å². The first-order valence-corrected chi connectivity index (χ1v) is 12.3. The van der Waals surface area contributed by atoms with Gasteiger partial charge in [0, 0.05) is 11.5 Å². The summed E-state index contributed by atoms with van der Waals surface area (Å²) in [5.74, 6) is -1.78. The van der Waals surface area contributed by atoms with E-state index in [2.05, 4.69) is 15.9 Å². The lowest BCUT2D eigenvalue weighted by Gasteiger charge is -2.26. The van der Waals surface area contributed by atoms with Crippen molar-refractivity contribution in [2.75, 3.05) is 13.7 Å². The van der Waals surface area contributed by atoms with Gasteiger partial charge in [-0.2, -0.15) is 0 Å². The molecule has 0 aromatic heterocycles. The lowest BCUT2D eigenvalue weighted by molar-refractivity contribution is -0.154. The summed E-state index contributed by atoms with van der Waals surface area (Å²) in [7, 11) is 1.57. The van der Waals surface area contributed by atoms with Crippen LogP contribution in [0, 0.1) is 23.7 Å². The summed E-state index contributed by atoms with van der Waals surface area (Å²) in [5.41, 5.74) is 1.10. The first-order chi connectivity index (χ1) is 16.9. The molecule has 0 spiro atoms. The van der Waals surface area contributed by atoms with E-state index >= 15 is 0 Å². The fourth-order valence-corrected chi connectivity index (χ4v) is 6.44. The Bertz CT molecular complexity index is 1160. The van der Waals surface area contributed by atoms with Crippen LogP contribution in [0.5, 0.6) is 11.5 Å². The van der Waals surface area contributed by atoms with Crippen molar-refractivity contribution in [3.63, 3.8) is 0 Å². The fraction of sp³-hybridized carbons (Fsp3) is 0.385. The molecule has 2 saturated carbocycles. The molecule has 1 aliphatic heterocycles. The Morgan fingerprint density at radius 1 is 1.00 bits per heavy atom. The molecule has 2 bridgehead atoms. The average Bonchev–Trinajstić information content (AvgIpc) is 3.47. The number of methoxy groups -OCH3 is 1. The van der Waals surface area contributed by atoms with Gasteiger partial charge in [0.25, 0.3) is 0 Å². The van der Waals surface area contributed by atoms with Crippen molar-refractivity contribution in [2.24, 2.45) is 23.7 Å². The first-order valence-electron chi connectivity index (χ1n) is 11.3. The van der Waals surface area contributed by atoms with Gasteiger partial charge in [0.05, 0.1) is 30.2 Å². The maximum atomic E-state index is 12.7. The minimum atomic E-state index is -0.587. The van der Waals surface area contributed by atoms with E-state index in [1.165, 1.54) is 24.3 Å². The third-order valence-electron chi connectivity index (χ3n) is 7.06. The van der Waals surface area contributed by atoms with E-state index in [1.54, 1.807) is 31.4 Å². The highest BCUT2D eigenvalue weighted by Crippen LogP contribution is 2.60. The number of benzene rings is 2. The molecule has 1 heterocycles. The predicted molar refractivity (Wildman–Crippen MR) is 125 cm³/mol. The summed E-state index contributed by atoms with van der Waals surface area (Å²) in [6.45, 7) is -0.429. The van der Waals surface area contributed by atoms with Crippen molar-refractivity contribution < 1.29 is 38.1 Å². The van der Waals surface area contributed by atoms with Gasteiger partial charge in [-0.15, -0.1) is 0 Å². The van der Waals surface area contributed by atoms with Gasteiger partial charge in [0.15, 0.2) is 12.4 Å². The van der Waals surface area contributed by atoms with E-state index in [0.717, 1.165) is 12.0 Å². The van der Waals surface area contributed by atoms with E-state index in [-0.39, 0.29) is 40.9 Å². The normalized spacial score (nSPS) is 27.9. The molecule has 3 aliphatic rings. The number of hydrogen-bond acceptors (Lipinski definition) is 8. The maximum Gasteiger partial charge on any atom is 0.315 e. The Hall–Kier alpha value is -3.20. The Morgan fingerprint density at radius 2 is 1.69 bits per heavy atom. The lowest BCUT2D eigenvalue weighted by Crippen LogP contribution is -2.39. The largest absolute Gasteiger partial charge is 0.497 e. The highest BCUT2D eigenvalue weighted by atomic mass is 79.9. The van der Waals surface area contributed by atoms with Crippen LogP contribution >= 0.6 is 15.9 Å². The van der Waals surface area contributed by atoms with Gasteiger partial charge >= 0.3 is 17.9 Å². The average molecular weight is 543 g/mol. The van der Waals surface area contributed by atoms with Crippen LogP contribution in [0.25, 0.3) is 0 Å². The third kappa shape index (κ3) is 4.45. The van der Waals surface area contributed by atoms with Crippen LogP contribution in [-0.2, 0) is 30.3 Å². The number of Topliss-reactive ketones (excluding diaryl/α,β-unsaturated/α-hetero) is 1. The number of halogens is 1. The molecule has 3 fully saturated rings. The molecule has 182 valence electrons. The van der Waals surface area contributed by atoms with Gasteiger partial charge in [0.2, 0.25) is 0 Å². The van der Waals surface area contributed by atoms with Gasteiger partial charge in [-0.1, -0.05) is 28.1 Å². The summed E-state index contributed by atoms with van der Waals surface area (Å²) in [5, 5.41) is 0. The first kappa shape index (κ1) is 23.5. The zero-order valence-electron chi connectivity index (χ0n) is 18.8. The second-order valence-corrected chi connectivity index (χ2v) is 10.1. The van der Waals surface area contributed by atoms with Crippen molar-refractivity contribution in [1.29, 1.82) is 0 Å². The number of ketones is 1. The topological polar surface area (TPSA) is 105 Å². The Morgan fingerprint density at radius 3 is 2.37 bits per heavy atom. The SMILES string of the molecule is COc1ccc(CC(=O)Oc2ccc(C(=O)COC(=O)[C@@H]3[C@H]4C[C@H]5[C@H](OC(=O)[C@H]53)[C@H]4Br)cc2)cc1. The summed E-state index contributed by atoms with van der Waals surface area (Å²) < 4.78 is 21.1. The van der Waals surface area contributed by atoms with Gasteiger partial charge in [-0.05, 0) is 54.3 Å². The summed E-state index contributed by atoms with van der Waals surface area (Å²) in [4.78, 5) is 49.6. The zero-order valence-corrected chi connectivity index (χ0v) is 20.4. The second-order valence-electron chi connectivity index (χ2n) is 9.02. The predicted octanol–water partition coefficient (Wildman–Crippen LogP) is 3.14. The van der Waals surface area contributed by atoms with Crippen LogP contribution < -0.4 is 9.47 Å². The van der Waals surface area contributed by atoms with Crippen LogP contribution in [0.15, 0.2) is 48.5 Å². The molecular formula is C26H23BrO8. The highest BCUT2D eigenvalue weighted by molar-refractivity contribution is 9.09.